The molecule has 1 aromatic heterocycles. The van der Waals surface area contributed by atoms with Crippen LogP contribution in [0.3, 0.4) is 0 Å². The van der Waals surface area contributed by atoms with Crippen LogP contribution in [0.4, 0.5) is 0 Å². The second-order valence-electron chi connectivity index (χ2n) is 3.70. The average molecular weight is 298 g/mol. The molecule has 0 bridgehead atoms. The summed E-state index contributed by atoms with van der Waals surface area (Å²) in [5.41, 5.74) is 0.703. The Morgan fingerprint density at radius 1 is 1.26 bits per heavy atom. The van der Waals surface area contributed by atoms with Crippen LogP contribution in [0.25, 0.3) is 0 Å². The first-order valence-electron chi connectivity index (χ1n) is 5.32. The van der Waals surface area contributed by atoms with Gasteiger partial charge in [-0.15, -0.1) is 0 Å². The molecule has 2 aromatic rings. The molecule has 6 heteroatoms. The number of carbonyl (C=O) groups is 1. The first-order valence-corrected chi connectivity index (χ1v) is 6.07. The third-order valence-electron chi connectivity index (χ3n) is 2.40. The topological polar surface area (TPSA) is 59.4 Å². The molecule has 0 spiro atoms. The second kappa shape index (κ2) is 5.91. The Kier molecular flexibility index (Phi) is 4.24. The first-order chi connectivity index (χ1) is 9.08. The van der Waals surface area contributed by atoms with Gasteiger partial charge in [0.2, 0.25) is 0 Å². The van der Waals surface area contributed by atoms with Gasteiger partial charge < -0.3 is 9.84 Å². The van der Waals surface area contributed by atoms with Crippen molar-refractivity contribution in [3.05, 3.63) is 57.8 Å². The summed E-state index contributed by atoms with van der Waals surface area (Å²) in [5.74, 6) is -0.718. The Labute approximate surface area is 119 Å². The summed E-state index contributed by atoms with van der Waals surface area (Å²) in [6, 6.07) is 6.54. The zero-order valence-corrected chi connectivity index (χ0v) is 11.1. The molecule has 0 aliphatic carbocycles. The van der Waals surface area contributed by atoms with Crippen molar-refractivity contribution >= 4 is 29.2 Å². The monoisotopic (exact) mass is 297 g/mol. The van der Waals surface area contributed by atoms with Crippen LogP contribution in [-0.4, -0.2) is 16.1 Å². The molecule has 1 aromatic carbocycles. The van der Waals surface area contributed by atoms with Gasteiger partial charge in [0.05, 0.1) is 11.8 Å². The van der Waals surface area contributed by atoms with Gasteiger partial charge in [0.1, 0.15) is 12.4 Å². The van der Waals surface area contributed by atoms with Crippen molar-refractivity contribution < 1.29 is 14.6 Å². The van der Waals surface area contributed by atoms with Crippen LogP contribution in [-0.2, 0) is 6.61 Å². The number of hydrogen-bond donors (Lipinski definition) is 1. The van der Waals surface area contributed by atoms with Gasteiger partial charge in [-0.05, 0) is 18.2 Å². The summed E-state index contributed by atoms with van der Waals surface area (Å²) in [7, 11) is 0. The molecule has 0 amide bonds. The number of carboxylic acids is 1. The van der Waals surface area contributed by atoms with E-state index in [-0.39, 0.29) is 12.2 Å². The van der Waals surface area contributed by atoms with Crippen LogP contribution in [0.2, 0.25) is 10.0 Å². The van der Waals surface area contributed by atoms with Gasteiger partial charge in [0, 0.05) is 21.8 Å². The van der Waals surface area contributed by atoms with Crippen molar-refractivity contribution in [1.29, 1.82) is 0 Å². The molecular formula is C13H9Cl2NO3. The predicted octanol–water partition coefficient (Wildman–Crippen LogP) is 3.67. The van der Waals surface area contributed by atoms with Crippen LogP contribution in [0.15, 0.2) is 36.7 Å². The molecule has 1 N–H and O–H groups in total. The molecule has 0 radical (unpaired) electrons. The summed E-state index contributed by atoms with van der Waals surface area (Å²) in [6.45, 7) is 0.142. The van der Waals surface area contributed by atoms with Crippen molar-refractivity contribution in [3.63, 3.8) is 0 Å². The molecule has 2 rings (SSSR count). The lowest BCUT2D eigenvalue weighted by molar-refractivity contribution is 0.0696. The van der Waals surface area contributed by atoms with Gasteiger partial charge in [0.15, 0.2) is 0 Å². The van der Waals surface area contributed by atoms with Crippen LogP contribution in [0.5, 0.6) is 5.75 Å². The zero-order valence-electron chi connectivity index (χ0n) is 9.64. The highest BCUT2D eigenvalue weighted by Gasteiger charge is 2.08. The van der Waals surface area contributed by atoms with Gasteiger partial charge in [-0.2, -0.15) is 0 Å². The van der Waals surface area contributed by atoms with E-state index in [1.807, 2.05) is 0 Å². The number of benzene rings is 1. The van der Waals surface area contributed by atoms with Gasteiger partial charge in [-0.3, -0.25) is 4.98 Å². The van der Waals surface area contributed by atoms with Crippen LogP contribution in [0, 0.1) is 0 Å². The SMILES string of the molecule is O=C(O)c1cncc(OCc2c(Cl)cccc2Cl)c1. The number of nitrogens with zero attached hydrogens (tertiary/aromatic N) is 1. The molecule has 19 heavy (non-hydrogen) atoms. The number of carboxylic acid groups (broad SMARTS) is 1. The number of halogens is 2. The van der Waals surface area contributed by atoms with Crippen molar-refractivity contribution in [2.24, 2.45) is 0 Å². The minimum Gasteiger partial charge on any atom is -0.487 e. The summed E-state index contributed by atoms with van der Waals surface area (Å²) in [6.07, 6.45) is 2.68. The summed E-state index contributed by atoms with van der Waals surface area (Å²) in [5, 5.41) is 9.84. The lowest BCUT2D eigenvalue weighted by Crippen LogP contribution is -2.01. The highest BCUT2D eigenvalue weighted by molar-refractivity contribution is 6.35. The van der Waals surface area contributed by atoms with Crippen molar-refractivity contribution in [2.45, 2.75) is 6.61 Å². The second-order valence-corrected chi connectivity index (χ2v) is 4.52. The van der Waals surface area contributed by atoms with Gasteiger partial charge in [0.25, 0.3) is 0 Å². The van der Waals surface area contributed by atoms with Crippen molar-refractivity contribution in [3.8, 4) is 5.75 Å². The summed E-state index contributed by atoms with van der Waals surface area (Å²) >= 11 is 12.0. The third-order valence-corrected chi connectivity index (χ3v) is 3.11. The van der Waals surface area contributed by atoms with E-state index < -0.39 is 5.97 Å². The largest absolute Gasteiger partial charge is 0.487 e. The molecule has 0 saturated heterocycles. The van der Waals surface area contributed by atoms with Gasteiger partial charge in [-0.1, -0.05) is 29.3 Å². The van der Waals surface area contributed by atoms with E-state index >= 15 is 0 Å². The highest BCUT2D eigenvalue weighted by atomic mass is 35.5. The first kappa shape index (κ1) is 13.6. The number of rotatable bonds is 4. The van der Waals surface area contributed by atoms with Crippen LogP contribution in [0.1, 0.15) is 15.9 Å². The fourth-order valence-corrected chi connectivity index (χ4v) is 1.95. The minimum atomic E-state index is -1.06. The van der Waals surface area contributed by atoms with E-state index in [1.165, 1.54) is 18.5 Å². The normalized spacial score (nSPS) is 10.2. The Bertz CT molecular complexity index is 596. The average Bonchev–Trinajstić information content (AvgIpc) is 2.38. The van der Waals surface area contributed by atoms with E-state index in [4.69, 9.17) is 33.0 Å². The number of aromatic carboxylic acids is 1. The standard InChI is InChI=1S/C13H9Cl2NO3/c14-11-2-1-3-12(15)10(11)7-19-9-4-8(13(17)18)5-16-6-9/h1-6H,7H2,(H,17,18). The van der Waals surface area contributed by atoms with Crippen molar-refractivity contribution in [2.75, 3.05) is 0 Å². The molecular weight excluding hydrogens is 289 g/mol. The Morgan fingerprint density at radius 2 is 1.95 bits per heavy atom. The Balaban J connectivity index is 2.15. The van der Waals surface area contributed by atoms with Gasteiger partial charge in [-0.25, -0.2) is 4.79 Å². The number of hydrogen-bond acceptors (Lipinski definition) is 3. The maximum absolute atomic E-state index is 10.8. The number of pyridine rings is 1. The van der Waals surface area contributed by atoms with Crippen LogP contribution < -0.4 is 4.74 Å². The maximum atomic E-state index is 10.8. The molecule has 0 atom stereocenters. The van der Waals surface area contributed by atoms with Crippen LogP contribution >= 0.6 is 23.2 Å². The molecule has 0 fully saturated rings. The van der Waals surface area contributed by atoms with E-state index in [9.17, 15) is 4.79 Å². The predicted molar refractivity (Wildman–Crippen MR) is 72.0 cm³/mol. The third kappa shape index (κ3) is 3.36. The molecule has 1 heterocycles. The number of aromatic nitrogens is 1. The van der Waals surface area contributed by atoms with Crippen molar-refractivity contribution in [1.82, 2.24) is 4.98 Å². The lowest BCUT2D eigenvalue weighted by atomic mass is 10.2. The van der Waals surface area contributed by atoms with E-state index in [1.54, 1.807) is 18.2 Å². The maximum Gasteiger partial charge on any atom is 0.337 e. The molecule has 4 nitrogen and oxygen atoms in total. The Hall–Kier alpha value is -1.78. The molecule has 0 aliphatic rings. The fourth-order valence-electron chi connectivity index (χ4n) is 1.44. The summed E-state index contributed by atoms with van der Waals surface area (Å²) in [4.78, 5) is 14.6. The lowest BCUT2D eigenvalue weighted by Gasteiger charge is -2.09. The molecule has 98 valence electrons. The molecule has 0 aliphatic heterocycles. The quantitative estimate of drug-likeness (QED) is 0.935. The highest BCUT2D eigenvalue weighted by Crippen LogP contribution is 2.25. The van der Waals surface area contributed by atoms with Gasteiger partial charge >= 0.3 is 5.97 Å². The molecule has 0 unspecified atom stereocenters. The zero-order chi connectivity index (χ0) is 13.8. The smallest absolute Gasteiger partial charge is 0.337 e. The minimum absolute atomic E-state index is 0.0581. The van der Waals surface area contributed by atoms with E-state index in [0.717, 1.165) is 0 Å². The molecule has 0 saturated carbocycles. The fraction of sp³-hybridized carbons (Fsp3) is 0.0769. The summed E-state index contributed by atoms with van der Waals surface area (Å²) < 4.78 is 5.45. The Morgan fingerprint density at radius 3 is 2.58 bits per heavy atom. The van der Waals surface area contributed by atoms with E-state index in [0.29, 0.717) is 21.4 Å². The van der Waals surface area contributed by atoms with E-state index in [2.05, 4.69) is 4.98 Å². The number of ether oxygens (including phenoxy) is 1.